The van der Waals surface area contributed by atoms with Crippen molar-refractivity contribution in [3.63, 3.8) is 0 Å². The maximum absolute atomic E-state index is 5.78. The van der Waals surface area contributed by atoms with Gasteiger partial charge in [0.15, 0.2) is 0 Å². The maximum atomic E-state index is 5.78. The number of nitrogens with zero attached hydrogens (tertiary/aromatic N) is 1. The number of allylic oxidation sites excluding steroid dienone is 1. The molecule has 0 saturated heterocycles. The summed E-state index contributed by atoms with van der Waals surface area (Å²) in [6, 6.07) is 7.51. The number of nitrogens with one attached hydrogen (secondary N) is 1. The number of hydrazone groups is 1. The van der Waals surface area contributed by atoms with Crippen LogP contribution >= 0.6 is 11.6 Å². The zero-order valence-electron chi connectivity index (χ0n) is 7.44. The zero-order chi connectivity index (χ0) is 9.97. The lowest BCUT2D eigenvalue weighted by molar-refractivity contribution is 0.640. The molecule has 0 bridgehead atoms. The Balaban J connectivity index is 2.24. The van der Waals surface area contributed by atoms with Crippen molar-refractivity contribution in [3.8, 4) is 0 Å². The monoisotopic (exact) mass is 207 g/mol. The first-order valence-corrected chi connectivity index (χ1v) is 4.66. The van der Waals surface area contributed by atoms with E-state index >= 15 is 0 Å². The van der Waals surface area contributed by atoms with Crippen molar-refractivity contribution in [2.24, 2.45) is 10.8 Å². The van der Waals surface area contributed by atoms with Crippen LogP contribution in [0.2, 0.25) is 5.02 Å². The Kier molecular flexibility index (Phi) is 2.52. The van der Waals surface area contributed by atoms with Crippen LogP contribution in [0, 0.1) is 0 Å². The molecule has 14 heavy (non-hydrogen) atoms. The molecular formula is C10H10ClN3. The van der Waals surface area contributed by atoms with Crippen LogP contribution < -0.4 is 11.2 Å². The van der Waals surface area contributed by atoms with Gasteiger partial charge in [0.2, 0.25) is 0 Å². The van der Waals surface area contributed by atoms with Gasteiger partial charge < -0.3 is 5.73 Å². The Hall–Kier alpha value is -1.32. The maximum Gasteiger partial charge on any atom is 0.110 e. The van der Waals surface area contributed by atoms with Crippen LogP contribution in [0.25, 0.3) is 0 Å². The molecule has 2 rings (SSSR count). The molecule has 4 heteroatoms. The molecule has 0 radical (unpaired) electrons. The zero-order valence-corrected chi connectivity index (χ0v) is 8.20. The Bertz CT molecular complexity index is 381. The number of hydrogen-bond acceptors (Lipinski definition) is 3. The van der Waals surface area contributed by atoms with Gasteiger partial charge in [0, 0.05) is 10.6 Å². The molecule has 3 N–H and O–H groups in total. The van der Waals surface area contributed by atoms with Gasteiger partial charge in [0.1, 0.15) is 6.17 Å². The molecule has 1 aromatic rings. The minimum Gasteiger partial charge on any atom is -0.307 e. The summed E-state index contributed by atoms with van der Waals surface area (Å²) in [6.45, 7) is 0. The van der Waals surface area contributed by atoms with Crippen molar-refractivity contribution in [1.82, 2.24) is 5.43 Å². The van der Waals surface area contributed by atoms with Crippen LogP contribution in [0.4, 0.5) is 0 Å². The lowest BCUT2D eigenvalue weighted by Gasteiger charge is -2.13. The van der Waals surface area contributed by atoms with Crippen LogP contribution in [-0.2, 0) is 0 Å². The van der Waals surface area contributed by atoms with Gasteiger partial charge in [0.05, 0.1) is 5.71 Å². The molecule has 0 aliphatic carbocycles. The van der Waals surface area contributed by atoms with Crippen LogP contribution in [0.1, 0.15) is 5.56 Å². The molecular weight excluding hydrogens is 198 g/mol. The van der Waals surface area contributed by atoms with Crippen molar-refractivity contribution in [2.45, 2.75) is 6.17 Å². The average molecular weight is 208 g/mol. The molecule has 1 aliphatic heterocycles. The van der Waals surface area contributed by atoms with E-state index in [9.17, 15) is 0 Å². The largest absolute Gasteiger partial charge is 0.307 e. The van der Waals surface area contributed by atoms with E-state index in [0.717, 1.165) is 16.3 Å². The average Bonchev–Trinajstić information content (AvgIpc) is 2.21. The first-order chi connectivity index (χ1) is 6.75. The highest BCUT2D eigenvalue weighted by atomic mass is 35.5. The summed E-state index contributed by atoms with van der Waals surface area (Å²) in [6.07, 6.45) is 3.56. The van der Waals surface area contributed by atoms with Crippen LogP contribution in [-0.4, -0.2) is 11.9 Å². The van der Waals surface area contributed by atoms with Crippen molar-refractivity contribution in [1.29, 1.82) is 0 Å². The van der Waals surface area contributed by atoms with Crippen LogP contribution in [0.5, 0.6) is 0 Å². The summed E-state index contributed by atoms with van der Waals surface area (Å²) in [7, 11) is 0. The van der Waals surface area contributed by atoms with Crippen LogP contribution in [0.15, 0.2) is 41.5 Å². The normalized spacial score (nSPS) is 20.1. The summed E-state index contributed by atoms with van der Waals surface area (Å²) < 4.78 is 0. The molecule has 0 fully saturated rings. The van der Waals surface area contributed by atoms with Gasteiger partial charge in [-0.15, -0.1) is 0 Å². The van der Waals surface area contributed by atoms with Gasteiger partial charge >= 0.3 is 0 Å². The predicted molar refractivity (Wildman–Crippen MR) is 58.2 cm³/mol. The summed E-state index contributed by atoms with van der Waals surface area (Å²) in [5.74, 6) is 0. The minimum atomic E-state index is -0.189. The van der Waals surface area contributed by atoms with E-state index in [1.165, 1.54) is 0 Å². The number of rotatable bonds is 1. The minimum absolute atomic E-state index is 0.189. The summed E-state index contributed by atoms with van der Waals surface area (Å²) in [5, 5.41) is 4.84. The second-order valence-corrected chi connectivity index (χ2v) is 3.45. The van der Waals surface area contributed by atoms with E-state index < -0.39 is 0 Å². The number of halogens is 1. The van der Waals surface area contributed by atoms with Crippen molar-refractivity contribution >= 4 is 17.3 Å². The van der Waals surface area contributed by atoms with E-state index in [1.54, 1.807) is 0 Å². The van der Waals surface area contributed by atoms with Gasteiger partial charge in [-0.2, -0.15) is 5.10 Å². The topological polar surface area (TPSA) is 50.4 Å². The Labute approximate surface area is 87.3 Å². The molecule has 0 amide bonds. The standard InChI is InChI=1S/C10H10ClN3/c11-8-3-1-7(2-4-8)9-5-6-10(12)14-13-9/h1-6,10,14H,12H2. The van der Waals surface area contributed by atoms with Crippen molar-refractivity contribution in [2.75, 3.05) is 0 Å². The molecule has 0 spiro atoms. The molecule has 3 nitrogen and oxygen atoms in total. The molecule has 1 heterocycles. The third kappa shape index (κ3) is 1.95. The third-order valence-electron chi connectivity index (χ3n) is 1.94. The quantitative estimate of drug-likeness (QED) is 0.733. The third-order valence-corrected chi connectivity index (χ3v) is 2.19. The fraction of sp³-hybridized carbons (Fsp3) is 0.100. The molecule has 72 valence electrons. The van der Waals surface area contributed by atoms with E-state index in [4.69, 9.17) is 17.3 Å². The molecule has 0 aromatic heterocycles. The van der Waals surface area contributed by atoms with Gasteiger partial charge in [0.25, 0.3) is 0 Å². The van der Waals surface area contributed by atoms with Crippen molar-refractivity contribution in [3.05, 3.63) is 47.0 Å². The Morgan fingerprint density at radius 2 is 2.00 bits per heavy atom. The highest BCUT2D eigenvalue weighted by Crippen LogP contribution is 2.11. The van der Waals surface area contributed by atoms with Crippen LogP contribution in [0.3, 0.4) is 0 Å². The molecule has 1 aromatic carbocycles. The Morgan fingerprint density at radius 1 is 1.29 bits per heavy atom. The lowest BCUT2D eigenvalue weighted by atomic mass is 10.1. The molecule has 1 atom stereocenters. The molecule has 0 saturated carbocycles. The van der Waals surface area contributed by atoms with Gasteiger partial charge in [-0.05, 0) is 24.3 Å². The molecule has 1 aliphatic rings. The van der Waals surface area contributed by atoms with E-state index in [-0.39, 0.29) is 6.17 Å². The fourth-order valence-electron chi connectivity index (χ4n) is 1.20. The van der Waals surface area contributed by atoms with E-state index in [0.29, 0.717) is 0 Å². The molecule has 1 unspecified atom stereocenters. The highest BCUT2D eigenvalue weighted by molar-refractivity contribution is 6.30. The second kappa shape index (κ2) is 3.82. The first kappa shape index (κ1) is 9.24. The Morgan fingerprint density at radius 3 is 2.57 bits per heavy atom. The van der Waals surface area contributed by atoms with Gasteiger partial charge in [-0.3, -0.25) is 5.43 Å². The second-order valence-electron chi connectivity index (χ2n) is 3.02. The smallest absolute Gasteiger partial charge is 0.110 e. The SMILES string of the molecule is NC1C=CC(c2ccc(Cl)cc2)=NN1. The number of benzene rings is 1. The van der Waals surface area contributed by atoms with E-state index in [2.05, 4.69) is 10.5 Å². The highest BCUT2D eigenvalue weighted by Gasteiger charge is 2.05. The lowest BCUT2D eigenvalue weighted by Crippen LogP contribution is -2.34. The van der Waals surface area contributed by atoms with E-state index in [1.807, 2.05) is 36.4 Å². The summed E-state index contributed by atoms with van der Waals surface area (Å²) >= 11 is 5.78. The van der Waals surface area contributed by atoms with Gasteiger partial charge in [-0.25, -0.2) is 0 Å². The fourth-order valence-corrected chi connectivity index (χ4v) is 1.33. The summed E-state index contributed by atoms with van der Waals surface area (Å²) in [5.41, 5.74) is 10.2. The first-order valence-electron chi connectivity index (χ1n) is 4.28. The van der Waals surface area contributed by atoms with Crippen molar-refractivity contribution < 1.29 is 0 Å². The van der Waals surface area contributed by atoms with Gasteiger partial charge in [-0.1, -0.05) is 23.7 Å². The summed E-state index contributed by atoms with van der Waals surface area (Å²) in [4.78, 5) is 0. The number of hydrogen-bond donors (Lipinski definition) is 2. The number of nitrogens with two attached hydrogens (primary N) is 1. The predicted octanol–water partition coefficient (Wildman–Crippen LogP) is 1.49.